The number of ether oxygens (including phenoxy) is 3. The van der Waals surface area contributed by atoms with Gasteiger partial charge in [0.15, 0.2) is 5.78 Å². The predicted octanol–water partition coefficient (Wildman–Crippen LogP) is 5.75. The summed E-state index contributed by atoms with van der Waals surface area (Å²) in [5.74, 6) is -3.89. The van der Waals surface area contributed by atoms with Crippen molar-refractivity contribution in [2.75, 3.05) is 26.2 Å². The molecule has 0 radical (unpaired) electrons. The van der Waals surface area contributed by atoms with Gasteiger partial charge in [-0.25, -0.2) is 4.79 Å². The molecule has 1 aliphatic heterocycles. The van der Waals surface area contributed by atoms with E-state index in [-0.39, 0.29) is 23.4 Å². The maximum atomic E-state index is 14.6. The van der Waals surface area contributed by atoms with Crippen molar-refractivity contribution in [3.63, 3.8) is 0 Å². The van der Waals surface area contributed by atoms with E-state index in [0.717, 1.165) is 5.56 Å². The van der Waals surface area contributed by atoms with E-state index in [2.05, 4.69) is 0 Å². The van der Waals surface area contributed by atoms with E-state index in [1.165, 1.54) is 14.2 Å². The molecule has 0 bridgehead atoms. The van der Waals surface area contributed by atoms with Crippen molar-refractivity contribution in [1.29, 1.82) is 0 Å². The van der Waals surface area contributed by atoms with Crippen LogP contribution in [0.5, 0.6) is 5.75 Å². The lowest BCUT2D eigenvalue weighted by atomic mass is 9.67. The summed E-state index contributed by atoms with van der Waals surface area (Å²) >= 11 is 12.6. The minimum Gasteiger partial charge on any atom is -0.497 e. The molecule has 0 aromatic heterocycles. The summed E-state index contributed by atoms with van der Waals surface area (Å²) in [6.07, 6.45) is 0.221. The molecule has 3 atom stereocenters. The molecule has 216 valence electrons. The molecule has 0 amide bonds. The number of hydrogen-bond donors (Lipinski definition) is 1. The largest absolute Gasteiger partial charge is 0.497 e. The van der Waals surface area contributed by atoms with E-state index < -0.39 is 35.5 Å². The van der Waals surface area contributed by atoms with E-state index in [0.29, 0.717) is 32.7 Å². The van der Waals surface area contributed by atoms with Gasteiger partial charge in [0.1, 0.15) is 17.5 Å². The highest BCUT2D eigenvalue weighted by Crippen LogP contribution is 2.51. The zero-order valence-corrected chi connectivity index (χ0v) is 24.6. The zero-order chi connectivity index (χ0) is 30.1. The molecule has 2 aliphatic rings. The van der Waals surface area contributed by atoms with Gasteiger partial charge in [-0.05, 0) is 60.0 Å². The Morgan fingerprint density at radius 3 is 2.14 bits per heavy atom. The lowest BCUT2D eigenvalue weighted by Crippen LogP contribution is -2.46. The Balaban J connectivity index is 1.81. The number of esters is 2. The molecule has 8 nitrogen and oxygen atoms in total. The SMILES string of the molecule is COC(=O)C1=C(N)N(c2cccc(Cl)c2)C2=C(C(=O)[C@H](C(=O)OC)[C@@H](c3ccc(OC)cc3)C2)[C@@H]1c1ccc(Cl)cc1. The van der Waals surface area contributed by atoms with Crippen molar-refractivity contribution in [2.24, 2.45) is 11.7 Å². The number of benzene rings is 3. The molecule has 0 saturated carbocycles. The van der Waals surface area contributed by atoms with Gasteiger partial charge >= 0.3 is 11.9 Å². The molecule has 3 aromatic rings. The monoisotopic (exact) mass is 606 g/mol. The van der Waals surface area contributed by atoms with Gasteiger partial charge in [0.05, 0.1) is 32.8 Å². The van der Waals surface area contributed by atoms with Gasteiger partial charge in [-0.1, -0.05) is 53.5 Å². The fraction of sp³-hybridized carbons (Fsp3) is 0.219. The van der Waals surface area contributed by atoms with Gasteiger partial charge in [-0.2, -0.15) is 0 Å². The molecule has 3 aromatic carbocycles. The molecule has 0 fully saturated rings. The maximum Gasteiger partial charge on any atom is 0.338 e. The molecule has 0 unspecified atom stereocenters. The van der Waals surface area contributed by atoms with Crippen LogP contribution in [0, 0.1) is 5.92 Å². The van der Waals surface area contributed by atoms with Crippen LogP contribution in [0.2, 0.25) is 10.0 Å². The average molecular weight is 607 g/mol. The number of methoxy groups -OCH3 is 3. The highest BCUT2D eigenvalue weighted by atomic mass is 35.5. The Morgan fingerprint density at radius 1 is 0.881 bits per heavy atom. The summed E-state index contributed by atoms with van der Waals surface area (Å²) in [5.41, 5.74) is 9.51. The van der Waals surface area contributed by atoms with E-state index in [9.17, 15) is 14.4 Å². The van der Waals surface area contributed by atoms with E-state index in [1.54, 1.807) is 72.7 Å². The lowest BCUT2D eigenvalue weighted by molar-refractivity contribution is -0.150. The number of rotatable bonds is 6. The topological polar surface area (TPSA) is 108 Å². The summed E-state index contributed by atoms with van der Waals surface area (Å²) in [7, 11) is 4.05. The van der Waals surface area contributed by atoms with Crippen LogP contribution in [0.3, 0.4) is 0 Å². The third-order valence-electron chi connectivity index (χ3n) is 7.71. The van der Waals surface area contributed by atoms with Crippen LogP contribution in [-0.4, -0.2) is 39.1 Å². The van der Waals surface area contributed by atoms with E-state index in [1.807, 2.05) is 12.1 Å². The Morgan fingerprint density at radius 2 is 1.55 bits per heavy atom. The van der Waals surface area contributed by atoms with Crippen LogP contribution in [-0.2, 0) is 23.9 Å². The Kier molecular flexibility index (Phi) is 8.29. The fourth-order valence-corrected chi connectivity index (χ4v) is 6.11. The van der Waals surface area contributed by atoms with Crippen LogP contribution in [0.1, 0.15) is 29.4 Å². The normalized spacial score (nSPS) is 20.3. The Bertz CT molecular complexity index is 1610. The number of carbonyl (C=O) groups is 3. The van der Waals surface area contributed by atoms with Crippen LogP contribution in [0.15, 0.2) is 95.5 Å². The standard InChI is InChI=1S/C32H28Cl2N2O6/c1-40-22-13-9-17(10-14-22)23-16-24-27(29(37)26(23)31(38)41-2)25(18-7-11-19(33)12-8-18)28(32(39)42-3)30(35)36(24)21-6-4-5-20(34)15-21/h4-15,23,25-26H,16,35H2,1-3H3/t23-,25+,26-/m1/s1. The molecule has 2 N–H and O–H groups in total. The number of nitrogens with two attached hydrogens (primary N) is 1. The molecular weight excluding hydrogens is 579 g/mol. The van der Waals surface area contributed by atoms with Gasteiger partial charge in [0, 0.05) is 32.9 Å². The summed E-state index contributed by atoms with van der Waals surface area (Å²) in [5, 5.41) is 0.908. The quantitative estimate of drug-likeness (QED) is 0.279. The highest BCUT2D eigenvalue weighted by Gasteiger charge is 2.51. The second-order valence-corrected chi connectivity index (χ2v) is 10.8. The summed E-state index contributed by atoms with van der Waals surface area (Å²) in [6.45, 7) is 0. The average Bonchev–Trinajstić information content (AvgIpc) is 3.00. The smallest absolute Gasteiger partial charge is 0.338 e. The number of ketones is 1. The number of allylic oxidation sites excluding steroid dienone is 2. The number of Topliss-reactive ketones (excluding diaryl/α,β-unsaturated/α-hetero) is 1. The number of nitrogens with zero attached hydrogens (tertiary/aromatic N) is 1. The van der Waals surface area contributed by atoms with Crippen LogP contribution < -0.4 is 15.4 Å². The molecular formula is C32H28Cl2N2O6. The third kappa shape index (κ3) is 5.12. The minimum absolute atomic E-state index is 0.0541. The van der Waals surface area contributed by atoms with Crippen LogP contribution in [0.25, 0.3) is 0 Å². The van der Waals surface area contributed by atoms with Gasteiger partial charge in [-0.3, -0.25) is 14.5 Å². The predicted molar refractivity (Wildman–Crippen MR) is 159 cm³/mol. The van der Waals surface area contributed by atoms with Crippen molar-refractivity contribution in [2.45, 2.75) is 18.3 Å². The highest BCUT2D eigenvalue weighted by molar-refractivity contribution is 6.31. The zero-order valence-electron chi connectivity index (χ0n) is 23.1. The summed E-state index contributed by atoms with van der Waals surface area (Å²) < 4.78 is 15.6. The number of carbonyl (C=O) groups excluding carboxylic acids is 3. The second kappa shape index (κ2) is 11.9. The van der Waals surface area contributed by atoms with Gasteiger partial charge < -0.3 is 19.9 Å². The first kappa shape index (κ1) is 29.2. The molecule has 0 spiro atoms. The molecule has 1 heterocycles. The molecule has 5 rings (SSSR count). The molecule has 10 heteroatoms. The maximum absolute atomic E-state index is 14.6. The molecule has 1 aliphatic carbocycles. The Hall–Kier alpha value is -4.27. The lowest BCUT2D eigenvalue weighted by Gasteiger charge is -2.44. The molecule has 42 heavy (non-hydrogen) atoms. The van der Waals surface area contributed by atoms with Crippen molar-refractivity contribution in [3.8, 4) is 5.75 Å². The van der Waals surface area contributed by atoms with Crippen molar-refractivity contribution in [3.05, 3.63) is 117 Å². The van der Waals surface area contributed by atoms with Crippen LogP contribution >= 0.6 is 23.2 Å². The van der Waals surface area contributed by atoms with Gasteiger partial charge in [0.2, 0.25) is 0 Å². The number of hydrogen-bond acceptors (Lipinski definition) is 8. The number of halogens is 2. The summed E-state index contributed by atoms with van der Waals surface area (Å²) in [6, 6.07) is 20.9. The van der Waals surface area contributed by atoms with Gasteiger partial charge in [0.25, 0.3) is 0 Å². The second-order valence-electron chi connectivity index (χ2n) is 9.90. The molecule has 0 saturated heterocycles. The fourth-order valence-electron chi connectivity index (χ4n) is 5.80. The summed E-state index contributed by atoms with van der Waals surface area (Å²) in [4.78, 5) is 43.0. The number of anilines is 1. The minimum atomic E-state index is -1.18. The van der Waals surface area contributed by atoms with Crippen molar-refractivity contribution in [1.82, 2.24) is 0 Å². The van der Waals surface area contributed by atoms with Gasteiger partial charge in [-0.15, -0.1) is 0 Å². The van der Waals surface area contributed by atoms with Crippen LogP contribution in [0.4, 0.5) is 5.69 Å². The Labute approximate surface area is 253 Å². The van der Waals surface area contributed by atoms with Crippen molar-refractivity contribution < 1.29 is 28.6 Å². The first-order valence-electron chi connectivity index (χ1n) is 13.1. The van der Waals surface area contributed by atoms with E-state index in [4.69, 9.17) is 43.1 Å². The third-order valence-corrected chi connectivity index (χ3v) is 8.20. The van der Waals surface area contributed by atoms with E-state index >= 15 is 0 Å². The van der Waals surface area contributed by atoms with Crippen molar-refractivity contribution >= 4 is 46.6 Å². The first-order valence-corrected chi connectivity index (χ1v) is 13.8. The first-order chi connectivity index (χ1) is 20.2.